The Labute approximate surface area is 347 Å². The van der Waals surface area contributed by atoms with Gasteiger partial charge in [0.15, 0.2) is 17.7 Å². The third kappa shape index (κ3) is 8.60. The van der Waals surface area contributed by atoms with Gasteiger partial charge in [-0.2, -0.15) is 0 Å². The van der Waals surface area contributed by atoms with Crippen LogP contribution in [0.4, 0.5) is 21.9 Å². The second-order valence-corrected chi connectivity index (χ2v) is 16.4. The summed E-state index contributed by atoms with van der Waals surface area (Å²) >= 11 is 6.49. The van der Waals surface area contributed by atoms with Crippen molar-refractivity contribution >= 4 is 57.3 Å². The van der Waals surface area contributed by atoms with Crippen LogP contribution in [0.5, 0.6) is 17.2 Å². The lowest BCUT2D eigenvalue weighted by molar-refractivity contribution is -0.384. The van der Waals surface area contributed by atoms with E-state index >= 15 is 0 Å². The van der Waals surface area contributed by atoms with Crippen molar-refractivity contribution in [2.45, 2.75) is 89.7 Å². The molecule has 0 saturated carbocycles. The number of halogens is 1. The Morgan fingerprint density at radius 1 is 0.949 bits per heavy atom. The third-order valence-corrected chi connectivity index (χ3v) is 11.4. The molecule has 0 bridgehead atoms. The fourth-order valence-electron chi connectivity index (χ4n) is 8.18. The van der Waals surface area contributed by atoms with E-state index in [1.165, 1.54) is 19.2 Å². The topological polar surface area (TPSA) is 161 Å². The highest BCUT2D eigenvalue weighted by atomic mass is 35.5. The van der Waals surface area contributed by atoms with Gasteiger partial charge in [0.2, 0.25) is 5.91 Å². The number of hydrogen-bond acceptors (Lipinski definition) is 10. The highest BCUT2D eigenvalue weighted by Crippen LogP contribution is 2.46. The minimum Gasteiger partial charge on any atom is -0.493 e. The second kappa shape index (κ2) is 17.3. The molecule has 3 amide bonds. The number of carbonyl (C=O) groups is 3. The number of unbranched alkanes of at least 4 members (excludes halogenated alkanes) is 2. The van der Waals surface area contributed by atoms with Crippen LogP contribution >= 0.6 is 11.6 Å². The highest BCUT2D eigenvalue weighted by Gasteiger charge is 2.46. The van der Waals surface area contributed by atoms with Gasteiger partial charge in [-0.15, -0.1) is 11.6 Å². The maximum Gasteiger partial charge on any atom is 0.417 e. The van der Waals surface area contributed by atoms with Crippen molar-refractivity contribution in [2.24, 2.45) is 0 Å². The van der Waals surface area contributed by atoms with Crippen LogP contribution in [0.2, 0.25) is 0 Å². The maximum atomic E-state index is 13.8. The quantitative estimate of drug-likeness (QED) is 0.0601. The van der Waals surface area contributed by atoms with Gasteiger partial charge in [-0.25, -0.2) is 9.69 Å². The van der Waals surface area contributed by atoms with Crippen molar-refractivity contribution in [3.8, 4) is 17.2 Å². The van der Waals surface area contributed by atoms with Gasteiger partial charge in [0.25, 0.3) is 11.6 Å². The number of carbonyl (C=O) groups excluding carboxylic acids is 3. The molecule has 14 nitrogen and oxygen atoms in total. The molecule has 1 N–H and O–H groups in total. The van der Waals surface area contributed by atoms with Gasteiger partial charge < -0.3 is 33.9 Å². The van der Waals surface area contributed by atoms with Crippen LogP contribution in [0.3, 0.4) is 0 Å². The number of aliphatic hydroxyl groups excluding tert-OH is 1. The number of alkyl halides is 1. The molecule has 4 aromatic rings. The lowest BCUT2D eigenvalue weighted by atomic mass is 9.95. The van der Waals surface area contributed by atoms with E-state index < -0.39 is 28.9 Å². The van der Waals surface area contributed by atoms with E-state index in [2.05, 4.69) is 0 Å². The Morgan fingerprint density at radius 2 is 1.68 bits per heavy atom. The van der Waals surface area contributed by atoms with E-state index in [9.17, 15) is 29.6 Å². The molecule has 0 spiro atoms. The number of rotatable bonds is 13. The number of nitrogens with zero attached hydrogens (tertiary/aromatic N) is 4. The Balaban J connectivity index is 1.01. The first-order valence-corrected chi connectivity index (χ1v) is 20.5. The second-order valence-electron chi connectivity index (χ2n) is 16.1. The number of aliphatic hydroxyl groups is 1. The van der Waals surface area contributed by atoms with Gasteiger partial charge in [-0.05, 0) is 87.6 Å². The molecule has 59 heavy (non-hydrogen) atoms. The van der Waals surface area contributed by atoms with Gasteiger partial charge >= 0.3 is 6.09 Å². The summed E-state index contributed by atoms with van der Waals surface area (Å²) in [5.74, 6) is 1.16. The zero-order valence-electron chi connectivity index (χ0n) is 33.6. The molecule has 1 saturated heterocycles. The Bertz CT molecular complexity index is 2240. The van der Waals surface area contributed by atoms with Gasteiger partial charge in [0.05, 0.1) is 41.6 Å². The number of nitro benzene ring substituents is 1. The summed E-state index contributed by atoms with van der Waals surface area (Å²) in [7, 11) is 1.47. The van der Waals surface area contributed by atoms with Crippen LogP contribution in [0.15, 0.2) is 66.7 Å². The van der Waals surface area contributed by atoms with Crippen molar-refractivity contribution in [2.75, 3.05) is 42.5 Å². The average molecular weight is 829 g/mol. The minimum absolute atomic E-state index is 0.00388. The Hall–Kier alpha value is -5.60. The summed E-state index contributed by atoms with van der Waals surface area (Å²) in [5.41, 5.74) is 2.09. The molecule has 0 aromatic heterocycles. The highest BCUT2D eigenvalue weighted by molar-refractivity contribution is 6.19. The van der Waals surface area contributed by atoms with Gasteiger partial charge in [-0.1, -0.05) is 24.3 Å². The predicted octanol–water partition coefficient (Wildman–Crippen LogP) is 8.32. The molecule has 4 aromatic carbocycles. The number of anilines is 2. The number of non-ortho nitro benzene ring substituents is 1. The lowest BCUT2D eigenvalue weighted by Crippen LogP contribution is -2.51. The fourth-order valence-corrected chi connectivity index (χ4v) is 8.43. The summed E-state index contributed by atoms with van der Waals surface area (Å²) in [4.78, 5) is 56.3. The number of hydrogen-bond donors (Lipinski definition) is 1. The van der Waals surface area contributed by atoms with E-state index in [1.807, 2.05) is 30.3 Å². The molecule has 1 fully saturated rings. The standard InChI is InChI=1S/C44H49ClN4O10/c1-44(2,3)59-43(53)48-34-22-38(37(56-4)21-32(34)41(51)46-19-10-13-33(46)42(48)52)57-20-9-5-6-14-39(50)47-25-28(24-45)40-31-12-8-7-11-30(31)36(23-35(40)47)58-26-27-15-17-29(18-16-27)49(54)55/h7-8,11-12,15-18,21-23,28,33,42,52H,5-6,9-10,13-14,19-20,24-26H2,1-4H3/t28-,33?,42+/m1/s1. The van der Waals surface area contributed by atoms with Gasteiger partial charge in [-0.3, -0.25) is 19.7 Å². The zero-order chi connectivity index (χ0) is 42.0. The van der Waals surface area contributed by atoms with E-state index in [0.717, 1.165) is 32.5 Å². The maximum absolute atomic E-state index is 13.8. The van der Waals surface area contributed by atoms with Crippen LogP contribution in [0.1, 0.15) is 86.7 Å². The number of nitro groups is 1. The monoisotopic (exact) mass is 828 g/mol. The minimum atomic E-state index is -1.32. The molecular weight excluding hydrogens is 780 g/mol. The molecule has 3 aliphatic rings. The average Bonchev–Trinajstić information content (AvgIpc) is 3.84. The normalized spacial score (nSPS) is 18.6. The molecular formula is C44H49ClN4O10. The van der Waals surface area contributed by atoms with E-state index in [0.29, 0.717) is 74.7 Å². The number of amides is 3. The summed E-state index contributed by atoms with van der Waals surface area (Å²) in [5, 5.41) is 24.5. The van der Waals surface area contributed by atoms with Crippen LogP contribution in [-0.2, 0) is 16.1 Å². The Kier molecular flexibility index (Phi) is 12.2. The largest absolute Gasteiger partial charge is 0.493 e. The Morgan fingerprint density at radius 3 is 2.37 bits per heavy atom. The summed E-state index contributed by atoms with van der Waals surface area (Å²) in [6.07, 6.45) is 1.33. The predicted molar refractivity (Wildman–Crippen MR) is 223 cm³/mol. The molecule has 3 aliphatic heterocycles. The number of methoxy groups -OCH3 is 1. The molecule has 312 valence electrons. The molecule has 3 heterocycles. The fraction of sp³-hybridized carbons (Fsp3) is 0.432. The number of fused-ring (bicyclic) bond motifs is 5. The third-order valence-electron chi connectivity index (χ3n) is 11.0. The first-order valence-electron chi connectivity index (χ1n) is 19.9. The summed E-state index contributed by atoms with van der Waals surface area (Å²) in [6, 6.07) is 18.5. The molecule has 1 unspecified atom stereocenters. The van der Waals surface area contributed by atoms with Gasteiger partial charge in [0.1, 0.15) is 18.0 Å². The summed E-state index contributed by atoms with van der Waals surface area (Å²) in [6.45, 7) is 6.58. The SMILES string of the molecule is COc1cc2c(cc1OCCCCCC(=O)N1C[C@@H](CCl)c3c1cc(OCc1ccc([N+](=O)[O-])cc1)c1ccccc31)N(C(=O)OC(C)(C)C)[C@@H](O)C1CCCN1C2=O. The van der Waals surface area contributed by atoms with Crippen molar-refractivity contribution in [3.05, 3.63) is 93.5 Å². The van der Waals surface area contributed by atoms with Crippen LogP contribution < -0.4 is 24.0 Å². The van der Waals surface area contributed by atoms with Crippen LogP contribution in [0.25, 0.3) is 10.8 Å². The molecule has 7 rings (SSSR count). The van der Waals surface area contributed by atoms with Crippen LogP contribution in [0, 0.1) is 10.1 Å². The zero-order valence-corrected chi connectivity index (χ0v) is 34.4. The van der Waals surface area contributed by atoms with Gasteiger partial charge in [0, 0.05) is 61.0 Å². The van der Waals surface area contributed by atoms with E-state index in [4.69, 9.17) is 30.5 Å². The molecule has 0 radical (unpaired) electrons. The van der Waals surface area contributed by atoms with E-state index in [-0.39, 0.29) is 47.9 Å². The molecule has 3 atom stereocenters. The van der Waals surface area contributed by atoms with E-state index in [1.54, 1.807) is 54.8 Å². The van der Waals surface area contributed by atoms with Crippen molar-refractivity contribution in [1.82, 2.24) is 4.90 Å². The van der Waals surface area contributed by atoms with Crippen molar-refractivity contribution in [3.63, 3.8) is 0 Å². The van der Waals surface area contributed by atoms with Crippen LogP contribution in [-0.4, -0.2) is 83.4 Å². The summed E-state index contributed by atoms with van der Waals surface area (Å²) < 4.78 is 23.8. The smallest absolute Gasteiger partial charge is 0.417 e. The number of ether oxygens (including phenoxy) is 4. The first-order chi connectivity index (χ1) is 28.3. The molecule has 0 aliphatic carbocycles. The number of benzene rings is 4. The first kappa shape index (κ1) is 41.6. The molecule has 15 heteroatoms. The van der Waals surface area contributed by atoms with Crippen molar-refractivity contribution < 1.29 is 43.4 Å². The van der Waals surface area contributed by atoms with Crippen molar-refractivity contribution in [1.29, 1.82) is 0 Å². The lowest BCUT2D eigenvalue weighted by Gasteiger charge is -2.33.